The number of carbonyl (C=O) groups is 1. The maximum Gasteiger partial charge on any atom is 0.171 e. The van der Waals surface area contributed by atoms with Crippen molar-refractivity contribution in [2.75, 3.05) is 0 Å². The van der Waals surface area contributed by atoms with Gasteiger partial charge in [-0.1, -0.05) is 11.3 Å². The van der Waals surface area contributed by atoms with Crippen molar-refractivity contribution in [2.45, 2.75) is 6.92 Å². The highest BCUT2D eigenvalue weighted by molar-refractivity contribution is 5.70. The molecule has 1 aromatic heterocycles. The van der Waals surface area contributed by atoms with Crippen LogP contribution in [0.15, 0.2) is 24.4 Å². The Kier molecular flexibility index (Phi) is 2.29. The van der Waals surface area contributed by atoms with E-state index in [9.17, 15) is 9.18 Å². The molecule has 0 N–H and O–H groups in total. The molecule has 0 radical (unpaired) electrons. The molecular weight excluding hydrogens is 197 g/mol. The molecule has 2 aromatic rings. The van der Waals surface area contributed by atoms with Gasteiger partial charge in [-0.25, -0.2) is 9.07 Å². The third kappa shape index (κ3) is 1.76. The lowest BCUT2D eigenvalue weighted by Crippen LogP contribution is -1.98. The summed E-state index contributed by atoms with van der Waals surface area (Å²) in [7, 11) is 0. The van der Waals surface area contributed by atoms with Gasteiger partial charge < -0.3 is 0 Å². The summed E-state index contributed by atoms with van der Waals surface area (Å²) >= 11 is 0. The van der Waals surface area contributed by atoms with Gasteiger partial charge in [0.25, 0.3) is 0 Å². The number of nitrogens with zero attached hydrogens (tertiary/aromatic N) is 3. The number of aromatic nitrogens is 3. The smallest absolute Gasteiger partial charge is 0.171 e. The highest BCUT2D eigenvalue weighted by Gasteiger charge is 2.06. The minimum Gasteiger partial charge on any atom is -0.296 e. The first-order valence-electron chi connectivity index (χ1n) is 4.35. The van der Waals surface area contributed by atoms with Crippen LogP contribution in [0.1, 0.15) is 16.1 Å². The zero-order chi connectivity index (χ0) is 10.8. The molecule has 0 aliphatic heterocycles. The Morgan fingerprint density at radius 1 is 1.47 bits per heavy atom. The fourth-order valence-electron chi connectivity index (χ4n) is 1.25. The summed E-state index contributed by atoms with van der Waals surface area (Å²) in [6.45, 7) is 1.80. The topological polar surface area (TPSA) is 47.8 Å². The molecule has 1 heterocycles. The quantitative estimate of drug-likeness (QED) is 0.698. The van der Waals surface area contributed by atoms with Crippen LogP contribution in [0.4, 0.5) is 4.39 Å². The summed E-state index contributed by atoms with van der Waals surface area (Å²) in [5, 5.41) is 7.20. The molecule has 15 heavy (non-hydrogen) atoms. The van der Waals surface area contributed by atoms with E-state index in [1.54, 1.807) is 19.1 Å². The second-order valence-electron chi connectivity index (χ2n) is 3.16. The molecule has 4 nitrogen and oxygen atoms in total. The van der Waals surface area contributed by atoms with Crippen LogP contribution in [0.3, 0.4) is 0 Å². The number of carbonyl (C=O) groups excluding carboxylic acids is 1. The van der Waals surface area contributed by atoms with Gasteiger partial charge in [0.2, 0.25) is 0 Å². The number of aryl methyl sites for hydroxylation is 1. The molecule has 0 saturated carbocycles. The predicted octanol–water partition coefficient (Wildman–Crippen LogP) is 1.53. The van der Waals surface area contributed by atoms with Crippen molar-refractivity contribution < 1.29 is 9.18 Å². The molecule has 0 aliphatic carbocycles. The SMILES string of the molecule is Cc1ccc(-n2cc(C=O)nn2)c(F)c1. The Morgan fingerprint density at radius 3 is 2.87 bits per heavy atom. The highest BCUT2D eigenvalue weighted by Crippen LogP contribution is 2.13. The van der Waals surface area contributed by atoms with Gasteiger partial charge in [0.1, 0.15) is 17.2 Å². The second-order valence-corrected chi connectivity index (χ2v) is 3.16. The van der Waals surface area contributed by atoms with Gasteiger partial charge in [0.05, 0.1) is 6.20 Å². The zero-order valence-electron chi connectivity index (χ0n) is 8.01. The maximum absolute atomic E-state index is 13.5. The summed E-state index contributed by atoms with van der Waals surface area (Å²) in [6, 6.07) is 4.76. The van der Waals surface area contributed by atoms with Crippen LogP contribution < -0.4 is 0 Å². The number of benzene rings is 1. The molecule has 0 aliphatic rings. The fraction of sp³-hybridized carbons (Fsp3) is 0.100. The molecule has 5 heteroatoms. The molecule has 0 fully saturated rings. The van der Waals surface area contributed by atoms with Gasteiger partial charge >= 0.3 is 0 Å². The molecule has 1 aromatic carbocycles. The first-order chi connectivity index (χ1) is 7.20. The fourth-order valence-corrected chi connectivity index (χ4v) is 1.25. The van der Waals surface area contributed by atoms with E-state index in [0.717, 1.165) is 5.56 Å². The minimum atomic E-state index is -0.391. The van der Waals surface area contributed by atoms with Crippen LogP contribution in [0.2, 0.25) is 0 Å². The van der Waals surface area contributed by atoms with Gasteiger partial charge in [-0.15, -0.1) is 5.10 Å². The highest BCUT2D eigenvalue weighted by atomic mass is 19.1. The van der Waals surface area contributed by atoms with Crippen molar-refractivity contribution in [3.8, 4) is 5.69 Å². The number of rotatable bonds is 2. The Balaban J connectivity index is 2.49. The van der Waals surface area contributed by atoms with E-state index in [-0.39, 0.29) is 11.4 Å². The maximum atomic E-state index is 13.5. The second kappa shape index (κ2) is 3.61. The average molecular weight is 205 g/mol. The Hall–Kier alpha value is -2.04. The zero-order valence-corrected chi connectivity index (χ0v) is 8.01. The lowest BCUT2D eigenvalue weighted by molar-refractivity contribution is 0.111. The first-order valence-corrected chi connectivity index (χ1v) is 4.35. The lowest BCUT2D eigenvalue weighted by Gasteiger charge is -2.02. The first kappa shape index (κ1) is 9.51. The number of hydrogen-bond acceptors (Lipinski definition) is 3. The molecule has 0 bridgehead atoms. The predicted molar refractivity (Wildman–Crippen MR) is 51.4 cm³/mol. The largest absolute Gasteiger partial charge is 0.296 e. The normalized spacial score (nSPS) is 10.3. The van der Waals surface area contributed by atoms with Crippen LogP contribution in [0, 0.1) is 12.7 Å². The third-order valence-corrected chi connectivity index (χ3v) is 1.98. The molecule has 0 spiro atoms. The minimum absolute atomic E-state index is 0.176. The number of halogens is 1. The van der Waals surface area contributed by atoms with Crippen LogP contribution in [0.5, 0.6) is 0 Å². The molecule has 2 rings (SSSR count). The van der Waals surface area contributed by atoms with Crippen molar-refractivity contribution in [1.29, 1.82) is 0 Å². The lowest BCUT2D eigenvalue weighted by atomic mass is 10.2. The molecule has 0 atom stereocenters. The Labute approximate surface area is 85.3 Å². The average Bonchev–Trinajstić information content (AvgIpc) is 2.66. The van der Waals surface area contributed by atoms with Crippen molar-refractivity contribution >= 4 is 6.29 Å². The van der Waals surface area contributed by atoms with E-state index in [0.29, 0.717) is 6.29 Å². The van der Waals surface area contributed by atoms with Gasteiger partial charge in [0, 0.05) is 0 Å². The van der Waals surface area contributed by atoms with Gasteiger partial charge in [-0.2, -0.15) is 0 Å². The summed E-state index contributed by atoms with van der Waals surface area (Å²) in [6.07, 6.45) is 1.94. The molecular formula is C10H8FN3O. The van der Waals surface area contributed by atoms with Crippen molar-refractivity contribution in [1.82, 2.24) is 15.0 Å². The standard InChI is InChI=1S/C10H8FN3O/c1-7-2-3-10(9(11)4-7)14-5-8(6-15)12-13-14/h2-6H,1H3. The third-order valence-electron chi connectivity index (χ3n) is 1.98. The summed E-state index contributed by atoms with van der Waals surface area (Å²) in [5.74, 6) is -0.391. The van der Waals surface area contributed by atoms with Gasteiger partial charge in [-0.3, -0.25) is 4.79 Å². The number of hydrogen-bond donors (Lipinski definition) is 0. The molecule has 76 valence electrons. The Morgan fingerprint density at radius 2 is 2.27 bits per heavy atom. The summed E-state index contributed by atoms with van der Waals surface area (Å²) in [5.41, 5.74) is 1.28. The van der Waals surface area contributed by atoms with Crippen molar-refractivity contribution in [2.24, 2.45) is 0 Å². The van der Waals surface area contributed by atoms with E-state index >= 15 is 0 Å². The van der Waals surface area contributed by atoms with Crippen LogP contribution in [-0.2, 0) is 0 Å². The van der Waals surface area contributed by atoms with E-state index in [1.807, 2.05) is 0 Å². The van der Waals surface area contributed by atoms with Crippen LogP contribution in [-0.4, -0.2) is 21.3 Å². The van der Waals surface area contributed by atoms with Crippen molar-refractivity contribution in [3.63, 3.8) is 0 Å². The van der Waals surface area contributed by atoms with Gasteiger partial charge in [0.15, 0.2) is 6.29 Å². The molecule has 0 unspecified atom stereocenters. The monoisotopic (exact) mass is 205 g/mol. The summed E-state index contributed by atoms with van der Waals surface area (Å²) in [4.78, 5) is 10.4. The van der Waals surface area contributed by atoms with E-state index in [2.05, 4.69) is 10.3 Å². The summed E-state index contributed by atoms with van der Waals surface area (Å²) < 4.78 is 14.7. The van der Waals surface area contributed by atoms with Crippen LogP contribution in [0.25, 0.3) is 5.69 Å². The Bertz CT molecular complexity index is 507. The molecule has 0 saturated heterocycles. The van der Waals surface area contributed by atoms with Gasteiger partial charge in [-0.05, 0) is 24.6 Å². The van der Waals surface area contributed by atoms with E-state index in [1.165, 1.54) is 16.9 Å². The van der Waals surface area contributed by atoms with E-state index < -0.39 is 5.82 Å². The van der Waals surface area contributed by atoms with Crippen LogP contribution >= 0.6 is 0 Å². The van der Waals surface area contributed by atoms with E-state index in [4.69, 9.17) is 0 Å². The van der Waals surface area contributed by atoms with Crippen molar-refractivity contribution in [3.05, 3.63) is 41.5 Å². The number of aldehydes is 1. The molecule has 0 amide bonds.